The van der Waals surface area contributed by atoms with E-state index in [0.29, 0.717) is 6.61 Å². The molecule has 1 aliphatic rings. The van der Waals surface area contributed by atoms with Crippen LogP contribution in [0.3, 0.4) is 0 Å². The van der Waals surface area contributed by atoms with Crippen LogP contribution in [-0.2, 0) is 11.3 Å². The average molecular weight is 301 g/mol. The Kier molecular flexibility index (Phi) is 5.21. The zero-order valence-corrected chi connectivity index (χ0v) is 12.7. The number of morpholine rings is 1. The number of rotatable bonds is 6. The van der Waals surface area contributed by atoms with Crippen LogP contribution in [0.4, 0.5) is 0 Å². The highest BCUT2D eigenvalue weighted by Gasteiger charge is 2.32. The molecule has 5 nitrogen and oxygen atoms in total. The molecule has 0 amide bonds. The molecule has 5 heteroatoms. The first-order valence-corrected chi connectivity index (χ1v) is 7.87. The molecule has 0 spiro atoms. The van der Waals surface area contributed by atoms with Gasteiger partial charge in [0.1, 0.15) is 6.10 Å². The van der Waals surface area contributed by atoms with Gasteiger partial charge in [0.25, 0.3) is 0 Å². The third-order valence-electron chi connectivity index (χ3n) is 4.17. The van der Waals surface area contributed by atoms with Gasteiger partial charge >= 0.3 is 0 Å². The number of aryl methyl sites for hydroxylation is 1. The second-order valence-electron chi connectivity index (χ2n) is 5.61. The second-order valence-corrected chi connectivity index (χ2v) is 5.61. The molecular formula is C17H23N3O2. The summed E-state index contributed by atoms with van der Waals surface area (Å²) in [5.74, 6) is 0. The Morgan fingerprint density at radius 2 is 2.05 bits per heavy atom. The topological polar surface area (TPSA) is 50.5 Å². The Balaban J connectivity index is 1.66. The molecule has 1 N–H and O–H groups in total. The standard InChI is InChI=1S/C17H23N3O2/c21-14-16-17(15-6-2-1-3-7-15)19(12-13-22-16)9-5-11-20-10-4-8-18-20/h1-4,6-8,10,16-17,21H,5,9,11-14H2/t16-,17-/m1/s1. The van der Waals surface area contributed by atoms with Gasteiger partial charge in [-0.3, -0.25) is 9.58 Å². The van der Waals surface area contributed by atoms with E-state index in [1.165, 1.54) is 5.56 Å². The van der Waals surface area contributed by atoms with Crippen molar-refractivity contribution in [2.24, 2.45) is 0 Å². The highest BCUT2D eigenvalue weighted by atomic mass is 16.5. The number of nitrogens with zero attached hydrogens (tertiary/aromatic N) is 3. The molecule has 2 aromatic rings. The Hall–Kier alpha value is -1.69. The maximum Gasteiger partial charge on any atom is 0.100 e. The Bertz CT molecular complexity index is 544. The fourth-order valence-corrected chi connectivity index (χ4v) is 3.13. The van der Waals surface area contributed by atoms with Crippen LogP contribution in [0, 0.1) is 0 Å². The molecule has 0 radical (unpaired) electrons. The summed E-state index contributed by atoms with van der Waals surface area (Å²) >= 11 is 0. The van der Waals surface area contributed by atoms with Crippen molar-refractivity contribution in [3.8, 4) is 0 Å². The first-order chi connectivity index (χ1) is 10.9. The van der Waals surface area contributed by atoms with Crippen molar-refractivity contribution in [1.82, 2.24) is 14.7 Å². The van der Waals surface area contributed by atoms with Crippen molar-refractivity contribution in [3.63, 3.8) is 0 Å². The molecular weight excluding hydrogens is 278 g/mol. The molecule has 1 fully saturated rings. The van der Waals surface area contributed by atoms with Gasteiger partial charge in [-0.05, 0) is 18.1 Å². The molecule has 1 aromatic carbocycles. The van der Waals surface area contributed by atoms with Crippen molar-refractivity contribution < 1.29 is 9.84 Å². The van der Waals surface area contributed by atoms with Crippen molar-refractivity contribution in [1.29, 1.82) is 0 Å². The lowest BCUT2D eigenvalue weighted by Gasteiger charge is -2.41. The number of aromatic nitrogens is 2. The zero-order valence-electron chi connectivity index (χ0n) is 12.7. The lowest BCUT2D eigenvalue weighted by Crippen LogP contribution is -2.47. The summed E-state index contributed by atoms with van der Waals surface area (Å²) in [5.41, 5.74) is 1.21. The molecule has 3 rings (SSSR count). The van der Waals surface area contributed by atoms with E-state index >= 15 is 0 Å². The van der Waals surface area contributed by atoms with Crippen LogP contribution in [0.15, 0.2) is 48.8 Å². The molecule has 22 heavy (non-hydrogen) atoms. The summed E-state index contributed by atoms with van der Waals surface area (Å²) in [7, 11) is 0. The smallest absolute Gasteiger partial charge is 0.100 e. The minimum atomic E-state index is -0.152. The number of hydrogen-bond acceptors (Lipinski definition) is 4. The van der Waals surface area contributed by atoms with Crippen LogP contribution in [-0.4, -0.2) is 52.2 Å². The van der Waals surface area contributed by atoms with E-state index in [1.54, 1.807) is 0 Å². The molecule has 0 aliphatic carbocycles. The fraction of sp³-hybridized carbons (Fsp3) is 0.471. The molecule has 1 saturated heterocycles. The number of aliphatic hydroxyl groups is 1. The zero-order chi connectivity index (χ0) is 15.2. The normalized spacial score (nSPS) is 22.8. The SMILES string of the molecule is OC[C@H]1OCCN(CCCn2cccn2)[C@@H]1c1ccccc1. The average Bonchev–Trinajstić information content (AvgIpc) is 3.09. The molecule has 0 bridgehead atoms. The lowest BCUT2D eigenvalue weighted by molar-refractivity contribution is -0.0935. The first kappa shape index (κ1) is 15.2. The van der Waals surface area contributed by atoms with Gasteiger partial charge in [-0.15, -0.1) is 0 Å². The molecule has 0 unspecified atom stereocenters. The molecule has 2 atom stereocenters. The van der Waals surface area contributed by atoms with E-state index in [1.807, 2.05) is 41.3 Å². The third-order valence-corrected chi connectivity index (χ3v) is 4.17. The van der Waals surface area contributed by atoms with Gasteiger partial charge in [0.2, 0.25) is 0 Å². The summed E-state index contributed by atoms with van der Waals surface area (Å²) in [6, 6.07) is 12.4. The van der Waals surface area contributed by atoms with Crippen LogP contribution >= 0.6 is 0 Å². The molecule has 0 saturated carbocycles. The maximum atomic E-state index is 9.65. The third kappa shape index (κ3) is 3.55. The van der Waals surface area contributed by atoms with Gasteiger partial charge in [0, 0.05) is 32.0 Å². The van der Waals surface area contributed by atoms with Gasteiger partial charge in [0.05, 0.1) is 19.3 Å². The summed E-state index contributed by atoms with van der Waals surface area (Å²) in [4.78, 5) is 2.42. The molecule has 118 valence electrons. The van der Waals surface area contributed by atoms with E-state index in [-0.39, 0.29) is 18.8 Å². The van der Waals surface area contributed by atoms with E-state index in [2.05, 4.69) is 22.1 Å². The van der Waals surface area contributed by atoms with Crippen LogP contribution < -0.4 is 0 Å². The number of ether oxygens (including phenoxy) is 1. The highest BCUT2D eigenvalue weighted by Crippen LogP contribution is 2.29. The minimum absolute atomic E-state index is 0.0508. The van der Waals surface area contributed by atoms with Crippen molar-refractivity contribution >= 4 is 0 Å². The van der Waals surface area contributed by atoms with Gasteiger partial charge in [-0.2, -0.15) is 5.10 Å². The highest BCUT2D eigenvalue weighted by molar-refractivity contribution is 5.21. The monoisotopic (exact) mass is 301 g/mol. The number of benzene rings is 1. The van der Waals surface area contributed by atoms with Gasteiger partial charge in [-0.25, -0.2) is 0 Å². The maximum absolute atomic E-state index is 9.65. The Morgan fingerprint density at radius 3 is 2.77 bits per heavy atom. The molecule has 1 aliphatic heterocycles. The van der Waals surface area contributed by atoms with E-state index in [4.69, 9.17) is 4.74 Å². The minimum Gasteiger partial charge on any atom is -0.394 e. The number of hydrogen-bond donors (Lipinski definition) is 1. The predicted molar refractivity (Wildman–Crippen MR) is 84.4 cm³/mol. The van der Waals surface area contributed by atoms with Crippen LogP contribution in [0.2, 0.25) is 0 Å². The van der Waals surface area contributed by atoms with Crippen LogP contribution in [0.5, 0.6) is 0 Å². The summed E-state index contributed by atoms with van der Waals surface area (Å²) < 4.78 is 7.73. The van der Waals surface area contributed by atoms with E-state index in [9.17, 15) is 5.11 Å². The van der Waals surface area contributed by atoms with Crippen molar-refractivity contribution in [2.75, 3.05) is 26.3 Å². The van der Waals surface area contributed by atoms with Crippen LogP contribution in [0.25, 0.3) is 0 Å². The molecule has 2 heterocycles. The second kappa shape index (κ2) is 7.54. The Morgan fingerprint density at radius 1 is 1.18 bits per heavy atom. The predicted octanol–water partition coefficient (Wildman–Crippen LogP) is 1.71. The summed E-state index contributed by atoms with van der Waals surface area (Å²) in [6.45, 7) is 3.51. The van der Waals surface area contributed by atoms with Gasteiger partial charge in [-0.1, -0.05) is 30.3 Å². The van der Waals surface area contributed by atoms with Crippen LogP contribution in [0.1, 0.15) is 18.0 Å². The van der Waals surface area contributed by atoms with Gasteiger partial charge < -0.3 is 9.84 Å². The fourth-order valence-electron chi connectivity index (χ4n) is 3.13. The Labute approximate surface area is 131 Å². The van der Waals surface area contributed by atoms with E-state index < -0.39 is 0 Å². The summed E-state index contributed by atoms with van der Waals surface area (Å²) in [6.07, 6.45) is 4.68. The van der Waals surface area contributed by atoms with Crippen molar-refractivity contribution in [3.05, 3.63) is 54.4 Å². The van der Waals surface area contributed by atoms with E-state index in [0.717, 1.165) is 26.1 Å². The lowest BCUT2D eigenvalue weighted by atomic mass is 9.98. The summed E-state index contributed by atoms with van der Waals surface area (Å²) in [5, 5.41) is 13.9. The first-order valence-electron chi connectivity index (χ1n) is 7.87. The van der Waals surface area contributed by atoms with Crippen molar-refractivity contribution in [2.45, 2.75) is 25.1 Å². The largest absolute Gasteiger partial charge is 0.394 e. The number of aliphatic hydroxyl groups excluding tert-OH is 1. The quantitative estimate of drug-likeness (QED) is 0.882. The molecule has 1 aromatic heterocycles. The van der Waals surface area contributed by atoms with Gasteiger partial charge in [0.15, 0.2) is 0 Å².